The van der Waals surface area contributed by atoms with Gasteiger partial charge in [-0.25, -0.2) is 26.3 Å². The lowest BCUT2D eigenvalue weighted by atomic mass is 9.94. The monoisotopic (exact) mass is 397 g/mol. The van der Waals surface area contributed by atoms with Gasteiger partial charge >= 0.3 is 0 Å². The fourth-order valence-electron chi connectivity index (χ4n) is 2.88. The number of Topliss-reactive ketones (excluding diaryl/α,β-unsaturated/α-hetero) is 1. The first-order valence-electron chi connectivity index (χ1n) is 8.09. The molecule has 0 aliphatic carbocycles. The average Bonchev–Trinajstić information content (AvgIpc) is 2.61. The zero-order valence-electron chi connectivity index (χ0n) is 14.5. The quantitative estimate of drug-likeness (QED) is 0.423. The Labute approximate surface area is 156 Å². The van der Waals surface area contributed by atoms with Crippen LogP contribution in [0.5, 0.6) is 0 Å². The summed E-state index contributed by atoms with van der Waals surface area (Å²) in [5.41, 5.74) is -0.549. The third-order valence-corrected chi connectivity index (χ3v) is 4.20. The first-order chi connectivity index (χ1) is 13.2. The summed E-state index contributed by atoms with van der Waals surface area (Å²) in [4.78, 5) is 14.3. The molecule has 0 bridgehead atoms. The lowest BCUT2D eigenvalue weighted by molar-refractivity contribution is -0.113. The number of halogens is 6. The van der Waals surface area contributed by atoms with Crippen molar-refractivity contribution in [2.75, 3.05) is 20.1 Å². The molecule has 2 aromatic carbocycles. The highest BCUT2D eigenvalue weighted by atomic mass is 19.2. The molecular weight excluding hydrogens is 384 g/mol. The van der Waals surface area contributed by atoms with E-state index in [0.717, 1.165) is 12.2 Å². The summed E-state index contributed by atoms with van der Waals surface area (Å²) in [7, 11) is 1.62. The Morgan fingerprint density at radius 1 is 0.679 bits per heavy atom. The number of carbonyl (C=O) groups excluding carboxylic acids is 1. The van der Waals surface area contributed by atoms with E-state index in [1.54, 1.807) is 11.9 Å². The topological polar surface area (TPSA) is 20.3 Å². The van der Waals surface area contributed by atoms with Crippen LogP contribution in [0.4, 0.5) is 26.3 Å². The number of nitrogens with zero attached hydrogens (tertiary/aromatic N) is 1. The fraction of sp³-hybridized carbons (Fsp3) is 0.150. The zero-order valence-corrected chi connectivity index (χ0v) is 14.5. The molecule has 3 rings (SSSR count). The fourth-order valence-corrected chi connectivity index (χ4v) is 2.88. The predicted molar refractivity (Wildman–Crippen MR) is 91.1 cm³/mol. The van der Waals surface area contributed by atoms with Crippen LogP contribution in [0, 0.1) is 34.9 Å². The van der Waals surface area contributed by atoms with Crippen molar-refractivity contribution in [2.45, 2.75) is 0 Å². The van der Waals surface area contributed by atoms with Crippen molar-refractivity contribution in [3.8, 4) is 0 Å². The van der Waals surface area contributed by atoms with Gasteiger partial charge in [-0.1, -0.05) is 0 Å². The highest BCUT2D eigenvalue weighted by molar-refractivity contribution is 6.14. The van der Waals surface area contributed by atoms with Gasteiger partial charge in [0.1, 0.15) is 11.6 Å². The zero-order chi connectivity index (χ0) is 20.6. The van der Waals surface area contributed by atoms with E-state index in [9.17, 15) is 31.1 Å². The second-order valence-electron chi connectivity index (χ2n) is 6.42. The number of rotatable bonds is 2. The second-order valence-corrected chi connectivity index (χ2v) is 6.42. The maximum atomic E-state index is 13.9. The highest BCUT2D eigenvalue weighted by Gasteiger charge is 2.25. The minimum absolute atomic E-state index is 0.0490. The normalized spacial score (nSPS) is 18.3. The van der Waals surface area contributed by atoms with Crippen LogP contribution in [0.15, 0.2) is 35.4 Å². The Bertz CT molecular complexity index is 948. The van der Waals surface area contributed by atoms with E-state index in [1.165, 1.54) is 0 Å². The molecule has 1 saturated heterocycles. The van der Waals surface area contributed by atoms with Gasteiger partial charge in [0.05, 0.1) is 0 Å². The second kappa shape index (κ2) is 7.63. The minimum atomic E-state index is -1.36. The molecule has 1 aliphatic heterocycles. The molecule has 0 radical (unpaired) electrons. The average molecular weight is 397 g/mol. The molecule has 28 heavy (non-hydrogen) atoms. The lowest BCUT2D eigenvalue weighted by Gasteiger charge is -2.26. The molecule has 0 N–H and O–H groups in total. The molecule has 1 aliphatic rings. The molecule has 8 heteroatoms. The van der Waals surface area contributed by atoms with Crippen molar-refractivity contribution in [1.82, 2.24) is 4.90 Å². The Morgan fingerprint density at radius 3 is 1.43 bits per heavy atom. The van der Waals surface area contributed by atoms with Crippen LogP contribution in [-0.2, 0) is 4.79 Å². The summed E-state index contributed by atoms with van der Waals surface area (Å²) >= 11 is 0. The van der Waals surface area contributed by atoms with Crippen LogP contribution < -0.4 is 0 Å². The summed E-state index contributed by atoms with van der Waals surface area (Å²) in [5, 5.41) is 0. The van der Waals surface area contributed by atoms with Crippen molar-refractivity contribution in [3.63, 3.8) is 0 Å². The van der Waals surface area contributed by atoms with E-state index in [2.05, 4.69) is 0 Å². The number of likely N-dealkylation sites (N-methyl/N-ethyl adjacent to an activating group) is 1. The van der Waals surface area contributed by atoms with E-state index < -0.39 is 40.7 Å². The lowest BCUT2D eigenvalue weighted by Crippen LogP contribution is -2.34. The van der Waals surface area contributed by atoms with Crippen molar-refractivity contribution in [3.05, 3.63) is 81.4 Å². The number of carbonyl (C=O) groups is 1. The maximum Gasteiger partial charge on any atom is 0.187 e. The first kappa shape index (κ1) is 19.9. The highest BCUT2D eigenvalue weighted by Crippen LogP contribution is 2.24. The van der Waals surface area contributed by atoms with Gasteiger partial charge < -0.3 is 0 Å². The third-order valence-electron chi connectivity index (χ3n) is 4.20. The van der Waals surface area contributed by atoms with Crippen molar-refractivity contribution >= 4 is 17.9 Å². The Hall–Kier alpha value is -2.87. The molecule has 0 spiro atoms. The van der Waals surface area contributed by atoms with Crippen LogP contribution >= 0.6 is 0 Å². The van der Waals surface area contributed by atoms with E-state index >= 15 is 0 Å². The smallest absolute Gasteiger partial charge is 0.187 e. The molecular formula is C20H13F6NO. The Balaban J connectivity index is 2.02. The summed E-state index contributed by atoms with van der Waals surface area (Å²) in [5.74, 6) is -7.96. The standard InChI is InChI=1S/C20H13F6NO/c1-27-8-12(2-10-4-16(23)18(25)6-14(10)21)20(28)13(9-27)3-11-5-17(24)19(26)7-15(11)22/h2-7H,8-9H2,1H3/b12-2+,13-3+. The van der Waals surface area contributed by atoms with Crippen LogP contribution in [0.3, 0.4) is 0 Å². The van der Waals surface area contributed by atoms with Gasteiger partial charge in [0.15, 0.2) is 29.1 Å². The van der Waals surface area contributed by atoms with Gasteiger partial charge in [-0.15, -0.1) is 0 Å². The summed E-state index contributed by atoms with van der Waals surface area (Å²) in [6.07, 6.45) is 2.15. The number of likely N-dealkylation sites (tertiary alicyclic amines) is 1. The van der Waals surface area contributed by atoms with E-state index in [-0.39, 0.29) is 35.4 Å². The Morgan fingerprint density at radius 2 is 1.04 bits per heavy atom. The maximum absolute atomic E-state index is 13.9. The molecule has 146 valence electrons. The molecule has 0 atom stereocenters. The van der Waals surface area contributed by atoms with Crippen LogP contribution in [0.1, 0.15) is 11.1 Å². The van der Waals surface area contributed by atoms with Crippen LogP contribution in [-0.4, -0.2) is 30.8 Å². The van der Waals surface area contributed by atoms with Gasteiger partial charge in [-0.2, -0.15) is 0 Å². The molecule has 0 saturated carbocycles. The van der Waals surface area contributed by atoms with Crippen molar-refractivity contribution < 1.29 is 31.1 Å². The third kappa shape index (κ3) is 4.01. The number of benzene rings is 2. The summed E-state index contributed by atoms with van der Waals surface area (Å²) in [6.45, 7) is 0.156. The number of piperidine rings is 1. The predicted octanol–water partition coefficient (Wildman–Crippen LogP) is 4.50. The van der Waals surface area contributed by atoms with Crippen LogP contribution in [0.2, 0.25) is 0 Å². The SMILES string of the molecule is CN1C/C(=C\c2cc(F)c(F)cc2F)C(=O)/C(=C/c2cc(F)c(F)cc2F)C1. The summed E-state index contributed by atoms with van der Waals surface area (Å²) < 4.78 is 80.6. The minimum Gasteiger partial charge on any atom is -0.298 e. The summed E-state index contributed by atoms with van der Waals surface area (Å²) in [6, 6.07) is 1.98. The van der Waals surface area contributed by atoms with E-state index in [4.69, 9.17) is 0 Å². The molecule has 0 amide bonds. The van der Waals surface area contributed by atoms with Gasteiger partial charge in [-0.05, 0) is 31.3 Å². The Kier molecular flexibility index (Phi) is 5.42. The largest absolute Gasteiger partial charge is 0.298 e. The molecule has 1 heterocycles. The molecule has 0 unspecified atom stereocenters. The van der Waals surface area contributed by atoms with Crippen molar-refractivity contribution in [1.29, 1.82) is 0 Å². The molecule has 2 aromatic rings. The van der Waals surface area contributed by atoms with E-state index in [0.29, 0.717) is 24.3 Å². The van der Waals surface area contributed by atoms with Crippen molar-refractivity contribution in [2.24, 2.45) is 0 Å². The first-order valence-corrected chi connectivity index (χ1v) is 8.09. The van der Waals surface area contributed by atoms with Gasteiger partial charge in [0, 0.05) is 47.5 Å². The van der Waals surface area contributed by atoms with Crippen LogP contribution in [0.25, 0.3) is 12.2 Å². The molecule has 0 aromatic heterocycles. The van der Waals surface area contributed by atoms with Gasteiger partial charge in [-0.3, -0.25) is 9.69 Å². The molecule has 1 fully saturated rings. The van der Waals surface area contributed by atoms with Gasteiger partial charge in [0.25, 0.3) is 0 Å². The van der Waals surface area contributed by atoms with Gasteiger partial charge in [0.2, 0.25) is 0 Å². The molecule has 2 nitrogen and oxygen atoms in total. The number of hydrogen-bond donors (Lipinski definition) is 0. The number of hydrogen-bond acceptors (Lipinski definition) is 2. The number of ketones is 1. The van der Waals surface area contributed by atoms with E-state index in [1.807, 2.05) is 0 Å².